The Balaban J connectivity index is 1.84. The fraction of sp³-hybridized carbons (Fsp3) is 0.467. The third kappa shape index (κ3) is 4.57. The first kappa shape index (κ1) is 16.5. The lowest BCUT2D eigenvalue weighted by atomic mass is 10.3. The molecule has 1 amide bonds. The number of methoxy groups -OCH3 is 1. The third-order valence-corrected chi connectivity index (χ3v) is 3.84. The summed E-state index contributed by atoms with van der Waals surface area (Å²) in [4.78, 5) is 15.7. The molecule has 0 atom stereocenters. The lowest BCUT2D eigenvalue weighted by Gasteiger charge is -2.29. The molecule has 1 aromatic carbocycles. The van der Waals surface area contributed by atoms with Crippen LogP contribution < -0.4 is 10.1 Å². The molecule has 1 aliphatic rings. The first-order valence-electron chi connectivity index (χ1n) is 7.12. The van der Waals surface area contributed by atoms with Crippen molar-refractivity contribution in [2.45, 2.75) is 0 Å². The van der Waals surface area contributed by atoms with Crippen LogP contribution in [0.5, 0.6) is 5.75 Å². The second-order valence-corrected chi connectivity index (χ2v) is 5.39. The van der Waals surface area contributed by atoms with E-state index in [1.807, 2.05) is 24.3 Å². The summed E-state index contributed by atoms with van der Waals surface area (Å²) >= 11 is 5.33. The molecule has 2 rings (SSSR count). The number of thiocarbonyl (C=S) groups is 1. The fourth-order valence-electron chi connectivity index (χ4n) is 2.08. The number of nitrogens with one attached hydrogen (secondary N) is 1. The zero-order valence-corrected chi connectivity index (χ0v) is 13.7. The van der Waals surface area contributed by atoms with Gasteiger partial charge in [-0.3, -0.25) is 4.79 Å². The summed E-state index contributed by atoms with van der Waals surface area (Å²) in [5, 5.41) is 3.61. The summed E-state index contributed by atoms with van der Waals surface area (Å²) in [5.74, 6) is 0.844. The number of nitrogens with zero attached hydrogens (tertiary/aromatic N) is 2. The zero-order chi connectivity index (χ0) is 15.9. The van der Waals surface area contributed by atoms with Crippen molar-refractivity contribution in [3.8, 4) is 5.75 Å². The normalized spacial score (nSPS) is 14.4. The number of amides is 1. The smallest absolute Gasteiger partial charge is 0.242 e. The van der Waals surface area contributed by atoms with Crippen molar-refractivity contribution in [1.82, 2.24) is 9.80 Å². The van der Waals surface area contributed by atoms with Crippen molar-refractivity contribution in [2.75, 3.05) is 52.3 Å². The number of carbonyl (C=O) groups excluding carboxylic acids is 1. The minimum absolute atomic E-state index is 0.0599. The molecule has 0 aliphatic carbocycles. The van der Waals surface area contributed by atoms with E-state index in [0.29, 0.717) is 31.4 Å². The number of morpholine rings is 1. The molecule has 0 radical (unpaired) electrons. The average molecular weight is 323 g/mol. The van der Waals surface area contributed by atoms with E-state index in [-0.39, 0.29) is 12.5 Å². The molecular formula is C15H21N3O3S. The van der Waals surface area contributed by atoms with Gasteiger partial charge in [-0.2, -0.15) is 0 Å². The van der Waals surface area contributed by atoms with Gasteiger partial charge in [0.25, 0.3) is 0 Å². The van der Waals surface area contributed by atoms with E-state index >= 15 is 0 Å². The molecule has 1 aliphatic heterocycles. The quantitative estimate of drug-likeness (QED) is 0.840. The average Bonchev–Trinajstić information content (AvgIpc) is 2.56. The highest BCUT2D eigenvalue weighted by molar-refractivity contribution is 7.80. The Morgan fingerprint density at radius 2 is 2.00 bits per heavy atom. The maximum Gasteiger partial charge on any atom is 0.242 e. The van der Waals surface area contributed by atoms with Gasteiger partial charge in [-0.25, -0.2) is 0 Å². The number of benzene rings is 1. The van der Waals surface area contributed by atoms with Gasteiger partial charge < -0.3 is 24.6 Å². The van der Waals surface area contributed by atoms with Crippen molar-refractivity contribution in [3.05, 3.63) is 24.3 Å². The van der Waals surface area contributed by atoms with Crippen molar-refractivity contribution < 1.29 is 14.3 Å². The molecule has 6 nitrogen and oxygen atoms in total. The molecule has 1 N–H and O–H groups in total. The Kier molecular flexibility index (Phi) is 5.97. The number of rotatable bonds is 4. The Morgan fingerprint density at radius 3 is 2.59 bits per heavy atom. The monoisotopic (exact) mass is 323 g/mol. The molecule has 0 saturated carbocycles. The van der Waals surface area contributed by atoms with Gasteiger partial charge in [0.2, 0.25) is 5.91 Å². The molecule has 0 unspecified atom stereocenters. The first-order chi connectivity index (χ1) is 10.6. The van der Waals surface area contributed by atoms with Crippen LogP contribution in [0.3, 0.4) is 0 Å². The lowest BCUT2D eigenvalue weighted by molar-refractivity contribution is -0.135. The minimum Gasteiger partial charge on any atom is -0.497 e. The third-order valence-electron chi connectivity index (χ3n) is 3.42. The van der Waals surface area contributed by atoms with Crippen LogP contribution in [0.25, 0.3) is 0 Å². The summed E-state index contributed by atoms with van der Waals surface area (Å²) in [6, 6.07) is 7.46. The van der Waals surface area contributed by atoms with E-state index in [1.54, 1.807) is 24.0 Å². The van der Waals surface area contributed by atoms with Crippen molar-refractivity contribution in [3.63, 3.8) is 0 Å². The predicted molar refractivity (Wildman–Crippen MR) is 89.2 cm³/mol. The van der Waals surface area contributed by atoms with E-state index in [0.717, 1.165) is 11.4 Å². The van der Waals surface area contributed by atoms with E-state index in [1.165, 1.54) is 0 Å². The van der Waals surface area contributed by atoms with Crippen LogP contribution >= 0.6 is 12.2 Å². The predicted octanol–water partition coefficient (Wildman–Crippen LogP) is 1.18. The highest BCUT2D eigenvalue weighted by Crippen LogP contribution is 2.15. The maximum absolute atomic E-state index is 12.2. The van der Waals surface area contributed by atoms with E-state index in [4.69, 9.17) is 21.7 Å². The van der Waals surface area contributed by atoms with Gasteiger partial charge in [-0.15, -0.1) is 0 Å². The molecule has 0 bridgehead atoms. The fourth-order valence-corrected chi connectivity index (χ4v) is 2.26. The molecule has 7 heteroatoms. The Labute approximate surface area is 136 Å². The van der Waals surface area contributed by atoms with Gasteiger partial charge in [-0.1, -0.05) is 0 Å². The largest absolute Gasteiger partial charge is 0.497 e. The zero-order valence-electron chi connectivity index (χ0n) is 12.9. The first-order valence-corrected chi connectivity index (χ1v) is 7.52. The lowest BCUT2D eigenvalue weighted by Crippen LogP contribution is -2.46. The summed E-state index contributed by atoms with van der Waals surface area (Å²) in [5.41, 5.74) is 0.858. The van der Waals surface area contributed by atoms with Gasteiger partial charge in [0.1, 0.15) is 5.75 Å². The van der Waals surface area contributed by atoms with Gasteiger partial charge in [0, 0.05) is 25.8 Å². The number of carbonyl (C=O) groups is 1. The standard InChI is InChI=1S/C15H21N3O3S/c1-17(11-14(19)18-7-9-21-10-8-18)15(22)16-12-3-5-13(20-2)6-4-12/h3-6H,7-11H2,1-2H3,(H,16,22). The van der Waals surface area contributed by atoms with Crippen LogP contribution in [0.2, 0.25) is 0 Å². The van der Waals surface area contributed by atoms with Gasteiger partial charge in [0.05, 0.1) is 26.9 Å². The molecular weight excluding hydrogens is 302 g/mol. The van der Waals surface area contributed by atoms with Gasteiger partial charge in [-0.05, 0) is 36.5 Å². The van der Waals surface area contributed by atoms with Crippen LogP contribution in [0.1, 0.15) is 0 Å². The number of ether oxygens (including phenoxy) is 2. The number of likely N-dealkylation sites (N-methyl/N-ethyl adjacent to an activating group) is 1. The highest BCUT2D eigenvalue weighted by atomic mass is 32.1. The Morgan fingerprint density at radius 1 is 1.36 bits per heavy atom. The molecule has 22 heavy (non-hydrogen) atoms. The Bertz CT molecular complexity index is 515. The molecule has 0 aromatic heterocycles. The number of anilines is 1. The second-order valence-electron chi connectivity index (χ2n) is 5.01. The van der Waals surface area contributed by atoms with E-state index < -0.39 is 0 Å². The molecule has 1 heterocycles. The summed E-state index contributed by atoms with van der Waals surface area (Å²) in [7, 11) is 3.43. The SMILES string of the molecule is COc1ccc(NC(=S)N(C)CC(=O)N2CCOCC2)cc1. The van der Waals surface area contributed by atoms with Gasteiger partial charge in [0.15, 0.2) is 5.11 Å². The summed E-state index contributed by atoms with van der Waals surface area (Å²) in [6.07, 6.45) is 0. The molecule has 0 spiro atoms. The van der Waals surface area contributed by atoms with Crippen LogP contribution in [-0.4, -0.2) is 67.8 Å². The van der Waals surface area contributed by atoms with Crippen molar-refractivity contribution in [1.29, 1.82) is 0 Å². The van der Waals surface area contributed by atoms with E-state index in [2.05, 4.69) is 5.32 Å². The summed E-state index contributed by atoms with van der Waals surface area (Å²) in [6.45, 7) is 2.74. The van der Waals surface area contributed by atoms with Crippen LogP contribution in [0.4, 0.5) is 5.69 Å². The van der Waals surface area contributed by atoms with Crippen LogP contribution in [0.15, 0.2) is 24.3 Å². The molecule has 1 fully saturated rings. The molecule has 1 aromatic rings. The topological polar surface area (TPSA) is 54.0 Å². The second kappa shape index (κ2) is 7.95. The minimum atomic E-state index is 0.0599. The van der Waals surface area contributed by atoms with Gasteiger partial charge >= 0.3 is 0 Å². The summed E-state index contributed by atoms with van der Waals surface area (Å²) < 4.78 is 10.4. The Hall–Kier alpha value is -1.86. The molecule has 1 saturated heterocycles. The number of hydrogen-bond acceptors (Lipinski definition) is 4. The van der Waals surface area contributed by atoms with Crippen LogP contribution in [0, 0.1) is 0 Å². The highest BCUT2D eigenvalue weighted by Gasteiger charge is 2.19. The number of hydrogen-bond donors (Lipinski definition) is 1. The van der Waals surface area contributed by atoms with Crippen molar-refractivity contribution >= 4 is 28.9 Å². The van der Waals surface area contributed by atoms with Crippen LogP contribution in [-0.2, 0) is 9.53 Å². The maximum atomic E-state index is 12.2. The van der Waals surface area contributed by atoms with E-state index in [9.17, 15) is 4.79 Å². The van der Waals surface area contributed by atoms with Crippen molar-refractivity contribution in [2.24, 2.45) is 0 Å². The molecule has 120 valence electrons.